The standard InChI is InChI=1S/C11H10N2/c1-2-13-11-7-5-10(6-8-11)4-3-9-12/h5-8,13H,2H2,1H3. The highest BCUT2D eigenvalue weighted by Crippen LogP contribution is 2.07. The minimum Gasteiger partial charge on any atom is -0.385 e. The van der Waals surface area contributed by atoms with E-state index in [1.165, 1.54) is 0 Å². The van der Waals surface area contributed by atoms with E-state index in [1.807, 2.05) is 31.2 Å². The van der Waals surface area contributed by atoms with Crippen molar-refractivity contribution in [1.29, 1.82) is 5.26 Å². The fourth-order valence-electron chi connectivity index (χ4n) is 0.976. The molecular formula is C11H10N2. The average Bonchev–Trinajstić information content (AvgIpc) is 2.17. The second-order valence-corrected chi connectivity index (χ2v) is 2.47. The van der Waals surface area contributed by atoms with Gasteiger partial charge in [-0.25, -0.2) is 0 Å². The number of nitrogens with one attached hydrogen (secondary N) is 1. The van der Waals surface area contributed by atoms with Gasteiger partial charge < -0.3 is 5.32 Å². The van der Waals surface area contributed by atoms with Crippen molar-refractivity contribution < 1.29 is 0 Å². The monoisotopic (exact) mass is 170 g/mol. The number of hydrogen-bond donors (Lipinski definition) is 1. The van der Waals surface area contributed by atoms with E-state index in [2.05, 4.69) is 17.2 Å². The van der Waals surface area contributed by atoms with Crippen molar-refractivity contribution in [2.24, 2.45) is 0 Å². The van der Waals surface area contributed by atoms with Gasteiger partial charge in [0, 0.05) is 23.7 Å². The Morgan fingerprint density at radius 1 is 1.31 bits per heavy atom. The summed E-state index contributed by atoms with van der Waals surface area (Å²) >= 11 is 0. The summed E-state index contributed by atoms with van der Waals surface area (Å²) in [6.07, 6.45) is 0. The topological polar surface area (TPSA) is 35.8 Å². The van der Waals surface area contributed by atoms with Crippen LogP contribution in [0.4, 0.5) is 5.69 Å². The van der Waals surface area contributed by atoms with Gasteiger partial charge in [-0.05, 0) is 31.2 Å². The zero-order valence-electron chi connectivity index (χ0n) is 7.46. The molecule has 0 unspecified atom stereocenters. The molecule has 1 N–H and O–H groups in total. The highest BCUT2D eigenvalue weighted by atomic mass is 14.8. The van der Waals surface area contributed by atoms with Gasteiger partial charge in [0.05, 0.1) is 0 Å². The minimum absolute atomic E-state index is 0.864. The first-order chi connectivity index (χ1) is 6.36. The van der Waals surface area contributed by atoms with Crippen LogP contribution in [-0.2, 0) is 0 Å². The van der Waals surface area contributed by atoms with Gasteiger partial charge in [-0.1, -0.05) is 5.92 Å². The second-order valence-electron chi connectivity index (χ2n) is 2.47. The highest BCUT2D eigenvalue weighted by Gasteiger charge is 1.88. The normalized spacial score (nSPS) is 8.00. The molecule has 0 bridgehead atoms. The van der Waals surface area contributed by atoms with Crippen LogP contribution in [0.25, 0.3) is 0 Å². The van der Waals surface area contributed by atoms with Crippen LogP contribution in [0.2, 0.25) is 0 Å². The van der Waals surface area contributed by atoms with E-state index in [0.717, 1.165) is 17.8 Å². The van der Waals surface area contributed by atoms with E-state index < -0.39 is 0 Å². The van der Waals surface area contributed by atoms with Crippen molar-refractivity contribution in [2.45, 2.75) is 6.92 Å². The number of nitriles is 1. The zero-order chi connectivity index (χ0) is 9.52. The van der Waals surface area contributed by atoms with E-state index in [0.29, 0.717) is 0 Å². The highest BCUT2D eigenvalue weighted by molar-refractivity contribution is 5.48. The molecule has 0 spiro atoms. The lowest BCUT2D eigenvalue weighted by atomic mass is 10.2. The first-order valence-electron chi connectivity index (χ1n) is 4.11. The van der Waals surface area contributed by atoms with Gasteiger partial charge in [0.1, 0.15) is 0 Å². The molecule has 0 amide bonds. The third-order valence-electron chi connectivity index (χ3n) is 1.53. The van der Waals surface area contributed by atoms with E-state index in [9.17, 15) is 0 Å². The Balaban J connectivity index is 2.76. The first kappa shape index (κ1) is 9.16. The quantitative estimate of drug-likeness (QED) is 0.689. The molecule has 0 aliphatic heterocycles. The Kier molecular flexibility index (Phi) is 3.42. The Morgan fingerprint density at radius 3 is 2.54 bits per heavy atom. The van der Waals surface area contributed by atoms with Crippen LogP contribution in [0.15, 0.2) is 24.3 Å². The summed E-state index contributed by atoms with van der Waals surface area (Å²) < 4.78 is 0. The minimum atomic E-state index is 0.864. The van der Waals surface area contributed by atoms with Gasteiger partial charge in [0.2, 0.25) is 0 Å². The summed E-state index contributed by atoms with van der Waals surface area (Å²) in [5, 5.41) is 11.4. The van der Waals surface area contributed by atoms with Crippen molar-refractivity contribution in [3.05, 3.63) is 29.8 Å². The largest absolute Gasteiger partial charge is 0.385 e. The average molecular weight is 170 g/mol. The third-order valence-corrected chi connectivity index (χ3v) is 1.53. The van der Waals surface area contributed by atoms with E-state index in [1.54, 1.807) is 6.07 Å². The van der Waals surface area contributed by atoms with Crippen LogP contribution >= 0.6 is 0 Å². The number of nitrogens with zero attached hydrogens (tertiary/aromatic N) is 1. The van der Waals surface area contributed by atoms with Crippen molar-refractivity contribution in [1.82, 2.24) is 0 Å². The Morgan fingerprint density at radius 2 is 2.00 bits per heavy atom. The molecule has 0 fully saturated rings. The molecule has 0 heterocycles. The van der Waals surface area contributed by atoms with Gasteiger partial charge in [-0.3, -0.25) is 0 Å². The van der Waals surface area contributed by atoms with Crippen molar-refractivity contribution in [3.63, 3.8) is 0 Å². The second kappa shape index (κ2) is 4.85. The van der Waals surface area contributed by atoms with Crippen LogP contribution in [0.1, 0.15) is 12.5 Å². The fraction of sp³-hybridized carbons (Fsp3) is 0.182. The van der Waals surface area contributed by atoms with Crippen LogP contribution in [-0.4, -0.2) is 6.54 Å². The van der Waals surface area contributed by atoms with Crippen LogP contribution in [0.3, 0.4) is 0 Å². The molecule has 1 aromatic carbocycles. The van der Waals surface area contributed by atoms with Gasteiger partial charge in [0.25, 0.3) is 0 Å². The van der Waals surface area contributed by atoms with Crippen LogP contribution in [0, 0.1) is 23.2 Å². The molecule has 0 saturated heterocycles. The molecule has 1 rings (SSSR count). The molecule has 0 aromatic heterocycles. The maximum absolute atomic E-state index is 8.23. The van der Waals surface area contributed by atoms with Crippen molar-refractivity contribution in [2.75, 3.05) is 11.9 Å². The summed E-state index contributed by atoms with van der Waals surface area (Å²) in [6, 6.07) is 9.46. The number of anilines is 1. The SMILES string of the molecule is CCNc1ccc(C#CC#N)cc1. The van der Waals surface area contributed by atoms with Crippen LogP contribution in [0.5, 0.6) is 0 Å². The van der Waals surface area contributed by atoms with Gasteiger partial charge in [0.15, 0.2) is 6.07 Å². The molecular weight excluding hydrogens is 160 g/mol. The fourth-order valence-corrected chi connectivity index (χ4v) is 0.976. The zero-order valence-corrected chi connectivity index (χ0v) is 7.46. The van der Waals surface area contributed by atoms with Gasteiger partial charge in [-0.2, -0.15) is 5.26 Å². The molecule has 0 radical (unpaired) electrons. The third kappa shape index (κ3) is 2.89. The van der Waals surface area contributed by atoms with Crippen LogP contribution < -0.4 is 5.32 Å². The van der Waals surface area contributed by atoms with Crippen molar-refractivity contribution >= 4 is 5.69 Å². The van der Waals surface area contributed by atoms with E-state index >= 15 is 0 Å². The lowest BCUT2D eigenvalue weighted by Gasteiger charge is -2.01. The smallest absolute Gasteiger partial charge is 0.152 e. The van der Waals surface area contributed by atoms with Crippen molar-refractivity contribution in [3.8, 4) is 17.9 Å². The Labute approximate surface area is 78.2 Å². The molecule has 0 atom stereocenters. The molecule has 2 nitrogen and oxygen atoms in total. The number of hydrogen-bond acceptors (Lipinski definition) is 2. The lowest BCUT2D eigenvalue weighted by Crippen LogP contribution is -1.95. The van der Waals surface area contributed by atoms with E-state index in [4.69, 9.17) is 5.26 Å². The summed E-state index contributed by atoms with van der Waals surface area (Å²) in [5.41, 5.74) is 1.94. The molecule has 0 aliphatic rings. The summed E-state index contributed by atoms with van der Waals surface area (Å²) in [7, 11) is 0. The Bertz CT molecular complexity index is 360. The molecule has 1 aromatic rings. The summed E-state index contributed by atoms with van der Waals surface area (Å²) in [4.78, 5) is 0. The Hall–Kier alpha value is -1.93. The summed E-state index contributed by atoms with van der Waals surface area (Å²) in [5.74, 6) is 5.08. The predicted octanol–water partition coefficient (Wildman–Crippen LogP) is 1.99. The molecule has 64 valence electrons. The maximum atomic E-state index is 8.23. The molecule has 0 saturated carbocycles. The first-order valence-corrected chi connectivity index (χ1v) is 4.11. The summed E-state index contributed by atoms with van der Waals surface area (Å²) in [6.45, 7) is 2.95. The number of benzene rings is 1. The lowest BCUT2D eigenvalue weighted by molar-refractivity contribution is 1.21. The van der Waals surface area contributed by atoms with E-state index in [-0.39, 0.29) is 0 Å². The molecule has 0 aliphatic carbocycles. The molecule has 2 heteroatoms. The van der Waals surface area contributed by atoms with Gasteiger partial charge in [-0.15, -0.1) is 0 Å². The number of rotatable bonds is 2. The van der Waals surface area contributed by atoms with Gasteiger partial charge >= 0.3 is 0 Å². The molecule has 13 heavy (non-hydrogen) atoms. The maximum Gasteiger partial charge on any atom is 0.152 e. The predicted molar refractivity (Wildman–Crippen MR) is 53.1 cm³/mol.